The van der Waals surface area contributed by atoms with Crippen LogP contribution >= 0.6 is 11.6 Å². The fourth-order valence-corrected chi connectivity index (χ4v) is 3.23. The van der Waals surface area contributed by atoms with E-state index in [4.69, 9.17) is 11.6 Å². The predicted octanol–water partition coefficient (Wildman–Crippen LogP) is 1.66. The van der Waals surface area contributed by atoms with Gasteiger partial charge in [-0.3, -0.25) is 0 Å². The molecule has 1 aromatic carbocycles. The minimum atomic E-state index is -3.69. The predicted molar refractivity (Wildman–Crippen MR) is 85.4 cm³/mol. The van der Waals surface area contributed by atoms with Gasteiger partial charge in [0.2, 0.25) is 0 Å². The maximum atomic E-state index is 13.7. The molecule has 0 aromatic heterocycles. The van der Waals surface area contributed by atoms with Crippen LogP contribution in [0.3, 0.4) is 0 Å². The van der Waals surface area contributed by atoms with Crippen LogP contribution < -0.4 is 10.0 Å². The minimum Gasteiger partial charge on any atom is -0.313 e. The molecule has 0 spiro atoms. The van der Waals surface area contributed by atoms with E-state index in [0.29, 0.717) is 0 Å². The summed E-state index contributed by atoms with van der Waals surface area (Å²) in [4.78, 5) is 0. The SMILES string of the molecule is CN(Cc1c(F)cccc1Cl)S(=O)(=O)NCC1=CCNCC1. The summed E-state index contributed by atoms with van der Waals surface area (Å²) in [5.41, 5.74) is 1.21. The highest BCUT2D eigenvalue weighted by Crippen LogP contribution is 2.21. The molecule has 0 unspecified atom stereocenters. The molecule has 0 fully saturated rings. The molecule has 0 saturated heterocycles. The Morgan fingerprint density at radius 1 is 1.45 bits per heavy atom. The molecule has 1 heterocycles. The Bertz CT molecular complexity index is 644. The Kier molecular flexibility index (Phi) is 5.94. The van der Waals surface area contributed by atoms with Gasteiger partial charge in [-0.15, -0.1) is 0 Å². The first-order chi connectivity index (χ1) is 10.4. The second-order valence-corrected chi connectivity index (χ2v) is 7.37. The van der Waals surface area contributed by atoms with E-state index in [1.165, 1.54) is 25.2 Å². The highest BCUT2D eigenvalue weighted by Gasteiger charge is 2.20. The first-order valence-corrected chi connectivity index (χ1v) is 8.74. The number of hydrogen-bond donors (Lipinski definition) is 2. The van der Waals surface area contributed by atoms with E-state index in [9.17, 15) is 12.8 Å². The number of halogens is 2. The highest BCUT2D eigenvalue weighted by atomic mass is 35.5. The molecular formula is C14H19ClFN3O2S. The summed E-state index contributed by atoms with van der Waals surface area (Å²) in [6.45, 7) is 1.73. The molecule has 0 aliphatic carbocycles. The lowest BCUT2D eigenvalue weighted by Gasteiger charge is -2.20. The third kappa shape index (κ3) is 4.50. The number of nitrogens with zero attached hydrogens (tertiary/aromatic N) is 1. The average molecular weight is 348 g/mol. The maximum Gasteiger partial charge on any atom is 0.279 e. The van der Waals surface area contributed by atoms with Crippen LogP contribution in [0.25, 0.3) is 0 Å². The van der Waals surface area contributed by atoms with Crippen molar-refractivity contribution in [3.05, 3.63) is 46.3 Å². The van der Waals surface area contributed by atoms with Gasteiger partial charge < -0.3 is 5.32 Å². The highest BCUT2D eigenvalue weighted by molar-refractivity contribution is 7.87. The van der Waals surface area contributed by atoms with Crippen molar-refractivity contribution in [1.29, 1.82) is 0 Å². The van der Waals surface area contributed by atoms with Crippen LogP contribution in [0.4, 0.5) is 4.39 Å². The van der Waals surface area contributed by atoms with Gasteiger partial charge in [-0.1, -0.05) is 29.3 Å². The molecule has 0 amide bonds. The summed E-state index contributed by atoms with van der Waals surface area (Å²) in [7, 11) is -2.30. The molecule has 5 nitrogen and oxygen atoms in total. The molecule has 22 heavy (non-hydrogen) atoms. The van der Waals surface area contributed by atoms with Crippen LogP contribution in [-0.4, -0.2) is 39.4 Å². The molecule has 2 N–H and O–H groups in total. The van der Waals surface area contributed by atoms with Crippen molar-refractivity contribution >= 4 is 21.8 Å². The van der Waals surface area contributed by atoms with E-state index < -0.39 is 16.0 Å². The fraction of sp³-hybridized carbons (Fsp3) is 0.429. The largest absolute Gasteiger partial charge is 0.313 e. The van der Waals surface area contributed by atoms with Gasteiger partial charge in [0, 0.05) is 37.3 Å². The number of benzene rings is 1. The van der Waals surface area contributed by atoms with E-state index in [-0.39, 0.29) is 23.7 Å². The average Bonchev–Trinajstić information content (AvgIpc) is 2.50. The second kappa shape index (κ2) is 7.52. The monoisotopic (exact) mass is 347 g/mol. The zero-order valence-corrected chi connectivity index (χ0v) is 13.8. The van der Waals surface area contributed by atoms with Crippen molar-refractivity contribution in [2.24, 2.45) is 0 Å². The molecule has 0 radical (unpaired) electrons. The van der Waals surface area contributed by atoms with Gasteiger partial charge in [0.1, 0.15) is 5.82 Å². The topological polar surface area (TPSA) is 61.4 Å². The van der Waals surface area contributed by atoms with Gasteiger partial charge in [-0.05, 0) is 25.1 Å². The van der Waals surface area contributed by atoms with Crippen LogP contribution in [-0.2, 0) is 16.8 Å². The van der Waals surface area contributed by atoms with Gasteiger partial charge in [0.15, 0.2) is 0 Å². The Morgan fingerprint density at radius 2 is 2.23 bits per heavy atom. The smallest absolute Gasteiger partial charge is 0.279 e. The maximum absolute atomic E-state index is 13.7. The molecule has 1 aliphatic heterocycles. The lowest BCUT2D eigenvalue weighted by Crippen LogP contribution is -2.39. The molecule has 0 saturated carbocycles. The first kappa shape index (κ1) is 17.4. The van der Waals surface area contributed by atoms with Crippen molar-refractivity contribution in [2.75, 3.05) is 26.7 Å². The Balaban J connectivity index is 2.01. The van der Waals surface area contributed by atoms with Gasteiger partial charge >= 0.3 is 0 Å². The van der Waals surface area contributed by atoms with Gasteiger partial charge in [-0.25, -0.2) is 4.39 Å². The summed E-state index contributed by atoms with van der Waals surface area (Å²) in [6, 6.07) is 4.28. The molecule has 122 valence electrons. The quantitative estimate of drug-likeness (QED) is 0.769. The van der Waals surface area contributed by atoms with Crippen LogP contribution in [0.5, 0.6) is 0 Å². The normalized spacial score (nSPS) is 15.9. The Labute approximate surface area is 135 Å². The number of rotatable bonds is 6. The van der Waals surface area contributed by atoms with Crippen LogP contribution in [0.1, 0.15) is 12.0 Å². The van der Waals surface area contributed by atoms with E-state index in [0.717, 1.165) is 29.4 Å². The first-order valence-electron chi connectivity index (χ1n) is 6.92. The third-order valence-electron chi connectivity index (χ3n) is 3.49. The number of nitrogens with one attached hydrogen (secondary N) is 2. The second-order valence-electron chi connectivity index (χ2n) is 5.10. The third-order valence-corrected chi connectivity index (χ3v) is 5.31. The molecule has 0 bridgehead atoms. The van der Waals surface area contributed by atoms with Crippen molar-refractivity contribution in [2.45, 2.75) is 13.0 Å². The van der Waals surface area contributed by atoms with E-state index >= 15 is 0 Å². The summed E-state index contributed by atoms with van der Waals surface area (Å²) in [6.07, 6.45) is 2.78. The van der Waals surface area contributed by atoms with Crippen LogP contribution in [0.15, 0.2) is 29.8 Å². The van der Waals surface area contributed by atoms with Crippen molar-refractivity contribution < 1.29 is 12.8 Å². The van der Waals surface area contributed by atoms with E-state index in [2.05, 4.69) is 10.0 Å². The number of hydrogen-bond acceptors (Lipinski definition) is 3. The Hall–Kier alpha value is -0.990. The molecule has 2 rings (SSSR count). The summed E-state index contributed by atoms with van der Waals surface area (Å²) in [5.74, 6) is -0.518. The Morgan fingerprint density at radius 3 is 2.86 bits per heavy atom. The zero-order chi connectivity index (χ0) is 16.2. The lowest BCUT2D eigenvalue weighted by molar-refractivity contribution is 0.447. The summed E-state index contributed by atoms with van der Waals surface area (Å²) < 4.78 is 41.7. The molecule has 1 aromatic rings. The van der Waals surface area contributed by atoms with Crippen molar-refractivity contribution in [1.82, 2.24) is 14.3 Å². The summed E-state index contributed by atoms with van der Waals surface area (Å²) >= 11 is 5.92. The zero-order valence-electron chi connectivity index (χ0n) is 12.3. The van der Waals surface area contributed by atoms with E-state index in [1.807, 2.05) is 6.08 Å². The lowest BCUT2D eigenvalue weighted by atomic mass is 10.1. The van der Waals surface area contributed by atoms with E-state index in [1.54, 1.807) is 0 Å². The molecular weight excluding hydrogens is 329 g/mol. The molecule has 1 aliphatic rings. The summed E-state index contributed by atoms with van der Waals surface area (Å²) in [5, 5.41) is 3.37. The molecule has 0 atom stereocenters. The molecule has 8 heteroatoms. The van der Waals surface area contributed by atoms with Crippen LogP contribution in [0.2, 0.25) is 5.02 Å². The van der Waals surface area contributed by atoms with Gasteiger partial charge in [0.05, 0.1) is 0 Å². The van der Waals surface area contributed by atoms with Crippen molar-refractivity contribution in [3.63, 3.8) is 0 Å². The van der Waals surface area contributed by atoms with Gasteiger partial charge in [0.25, 0.3) is 10.2 Å². The van der Waals surface area contributed by atoms with Crippen LogP contribution in [0, 0.1) is 5.82 Å². The fourth-order valence-electron chi connectivity index (χ4n) is 2.12. The van der Waals surface area contributed by atoms with Crippen molar-refractivity contribution in [3.8, 4) is 0 Å². The standard InChI is InChI=1S/C14H19ClFN3O2S/c1-19(10-12-13(15)3-2-4-14(12)16)22(20,21)18-9-11-5-7-17-8-6-11/h2-5,17-18H,6-10H2,1H3. The van der Waals surface area contributed by atoms with Gasteiger partial charge in [-0.2, -0.15) is 17.4 Å². The minimum absolute atomic E-state index is 0.124.